The average molecular weight is 287 g/mol. The number of aryl methyl sites for hydroxylation is 1. The Morgan fingerprint density at radius 3 is 2.86 bits per heavy atom. The molecule has 0 fully saturated rings. The second-order valence-corrected chi connectivity index (χ2v) is 4.68. The fourth-order valence-corrected chi connectivity index (χ4v) is 2.02. The van der Waals surface area contributed by atoms with Gasteiger partial charge in [-0.05, 0) is 43.2 Å². The number of amides is 1. The van der Waals surface area contributed by atoms with E-state index in [4.69, 9.17) is 0 Å². The van der Waals surface area contributed by atoms with Crippen LogP contribution in [0.2, 0.25) is 0 Å². The van der Waals surface area contributed by atoms with E-state index in [1.54, 1.807) is 18.5 Å². The number of hydrogen-bond acceptors (Lipinski definition) is 3. The molecule has 2 N–H and O–H groups in total. The Morgan fingerprint density at radius 2 is 2.14 bits per heavy atom. The topological polar surface area (TPSA) is 54.0 Å². The lowest BCUT2D eigenvalue weighted by Gasteiger charge is -2.12. The number of hydrogen-bond donors (Lipinski definition) is 2. The van der Waals surface area contributed by atoms with Gasteiger partial charge in [-0.2, -0.15) is 0 Å². The van der Waals surface area contributed by atoms with Crippen molar-refractivity contribution in [2.75, 3.05) is 11.9 Å². The van der Waals surface area contributed by atoms with E-state index in [1.165, 1.54) is 12.1 Å². The van der Waals surface area contributed by atoms with Crippen molar-refractivity contribution in [2.24, 2.45) is 0 Å². The van der Waals surface area contributed by atoms with Crippen molar-refractivity contribution in [2.45, 2.75) is 20.4 Å². The van der Waals surface area contributed by atoms with Crippen LogP contribution >= 0.6 is 0 Å². The molecule has 1 heterocycles. The van der Waals surface area contributed by atoms with Gasteiger partial charge < -0.3 is 10.6 Å². The highest BCUT2D eigenvalue weighted by Crippen LogP contribution is 2.19. The number of rotatable bonds is 5. The van der Waals surface area contributed by atoms with Crippen LogP contribution in [0.5, 0.6) is 0 Å². The molecule has 0 unspecified atom stereocenters. The first-order chi connectivity index (χ1) is 10.1. The molecule has 0 aliphatic rings. The second kappa shape index (κ2) is 6.83. The highest BCUT2D eigenvalue weighted by molar-refractivity contribution is 5.99. The quantitative estimate of drug-likeness (QED) is 0.889. The van der Waals surface area contributed by atoms with Gasteiger partial charge in [-0.25, -0.2) is 4.39 Å². The van der Waals surface area contributed by atoms with Crippen LogP contribution in [0.25, 0.3) is 0 Å². The van der Waals surface area contributed by atoms with E-state index in [0.29, 0.717) is 18.7 Å². The van der Waals surface area contributed by atoms with Crippen LogP contribution < -0.4 is 10.6 Å². The third-order valence-electron chi connectivity index (χ3n) is 3.20. The smallest absolute Gasteiger partial charge is 0.253 e. The van der Waals surface area contributed by atoms with E-state index in [1.807, 2.05) is 19.9 Å². The van der Waals surface area contributed by atoms with Gasteiger partial charge in [-0.15, -0.1) is 0 Å². The summed E-state index contributed by atoms with van der Waals surface area (Å²) >= 11 is 0. The molecule has 0 aliphatic carbocycles. The first-order valence-electron chi connectivity index (χ1n) is 6.83. The maximum atomic E-state index is 13.8. The highest BCUT2D eigenvalue weighted by atomic mass is 19.1. The maximum Gasteiger partial charge on any atom is 0.253 e. The summed E-state index contributed by atoms with van der Waals surface area (Å²) in [5.74, 6) is -0.740. The van der Waals surface area contributed by atoms with Crippen molar-refractivity contribution in [1.29, 1.82) is 0 Å². The minimum Gasteiger partial charge on any atom is -0.382 e. The normalized spacial score (nSPS) is 10.2. The molecule has 0 spiro atoms. The minimum atomic E-state index is -0.429. The number of nitrogens with zero attached hydrogens (tertiary/aromatic N) is 1. The fraction of sp³-hybridized carbons (Fsp3) is 0.250. The maximum absolute atomic E-state index is 13.8. The lowest BCUT2D eigenvalue weighted by molar-refractivity contribution is 0.0951. The SMILES string of the molecule is CCNc1c(F)cccc1C(=O)NCc1cnccc1C. The van der Waals surface area contributed by atoms with Gasteiger partial charge >= 0.3 is 0 Å². The predicted octanol–water partition coefficient (Wildman–Crippen LogP) is 2.89. The minimum absolute atomic E-state index is 0.236. The number of anilines is 1. The van der Waals surface area contributed by atoms with E-state index in [9.17, 15) is 9.18 Å². The number of para-hydroxylation sites is 1. The first-order valence-corrected chi connectivity index (χ1v) is 6.83. The van der Waals surface area contributed by atoms with E-state index in [-0.39, 0.29) is 11.6 Å². The van der Waals surface area contributed by atoms with Crippen LogP contribution in [0.1, 0.15) is 28.4 Å². The number of halogens is 1. The molecular formula is C16H18FN3O. The van der Waals surface area contributed by atoms with Crippen LogP contribution in [-0.4, -0.2) is 17.4 Å². The van der Waals surface area contributed by atoms with E-state index >= 15 is 0 Å². The predicted molar refractivity (Wildman–Crippen MR) is 80.7 cm³/mol. The van der Waals surface area contributed by atoms with Gasteiger partial charge in [0.25, 0.3) is 5.91 Å². The number of aromatic nitrogens is 1. The number of carbonyl (C=O) groups excluding carboxylic acids is 1. The summed E-state index contributed by atoms with van der Waals surface area (Å²) in [6.45, 7) is 4.71. The van der Waals surface area contributed by atoms with E-state index in [0.717, 1.165) is 11.1 Å². The lowest BCUT2D eigenvalue weighted by Crippen LogP contribution is -2.24. The summed E-state index contributed by atoms with van der Waals surface area (Å²) in [6, 6.07) is 6.35. The monoisotopic (exact) mass is 287 g/mol. The average Bonchev–Trinajstić information content (AvgIpc) is 2.48. The van der Waals surface area contributed by atoms with Gasteiger partial charge in [0, 0.05) is 25.5 Å². The summed E-state index contributed by atoms with van der Waals surface area (Å²) in [4.78, 5) is 16.3. The molecular weight excluding hydrogens is 269 g/mol. The molecule has 4 nitrogen and oxygen atoms in total. The second-order valence-electron chi connectivity index (χ2n) is 4.68. The summed E-state index contributed by atoms with van der Waals surface area (Å²) in [6.07, 6.45) is 3.42. The van der Waals surface area contributed by atoms with Gasteiger partial charge in [0.2, 0.25) is 0 Å². The van der Waals surface area contributed by atoms with Crippen LogP contribution in [0.15, 0.2) is 36.7 Å². The Bertz CT molecular complexity index is 643. The Morgan fingerprint density at radius 1 is 1.33 bits per heavy atom. The van der Waals surface area contributed by atoms with Crippen molar-refractivity contribution in [3.05, 3.63) is 59.2 Å². The number of benzene rings is 1. The Balaban J connectivity index is 2.14. The van der Waals surface area contributed by atoms with Crippen molar-refractivity contribution in [1.82, 2.24) is 10.3 Å². The molecule has 1 aromatic carbocycles. The molecule has 0 atom stereocenters. The number of carbonyl (C=O) groups is 1. The van der Waals surface area contributed by atoms with Gasteiger partial charge in [-0.3, -0.25) is 9.78 Å². The highest BCUT2D eigenvalue weighted by Gasteiger charge is 2.14. The molecule has 0 radical (unpaired) electrons. The van der Waals surface area contributed by atoms with Crippen LogP contribution in [0.3, 0.4) is 0 Å². The molecule has 1 aromatic heterocycles. The van der Waals surface area contributed by atoms with Crippen LogP contribution in [0.4, 0.5) is 10.1 Å². The molecule has 0 saturated carbocycles. The molecule has 110 valence electrons. The zero-order chi connectivity index (χ0) is 15.2. The van der Waals surface area contributed by atoms with E-state index in [2.05, 4.69) is 15.6 Å². The van der Waals surface area contributed by atoms with Crippen molar-refractivity contribution >= 4 is 11.6 Å². The summed E-state index contributed by atoms with van der Waals surface area (Å²) in [7, 11) is 0. The number of nitrogens with one attached hydrogen (secondary N) is 2. The largest absolute Gasteiger partial charge is 0.382 e. The summed E-state index contributed by atoms with van der Waals surface area (Å²) in [5, 5.41) is 5.68. The third kappa shape index (κ3) is 3.56. The van der Waals surface area contributed by atoms with Crippen LogP contribution in [-0.2, 0) is 6.54 Å². The van der Waals surface area contributed by atoms with Crippen molar-refractivity contribution in [3.63, 3.8) is 0 Å². The molecule has 21 heavy (non-hydrogen) atoms. The fourth-order valence-electron chi connectivity index (χ4n) is 2.02. The summed E-state index contributed by atoms with van der Waals surface area (Å²) in [5.41, 5.74) is 2.53. The van der Waals surface area contributed by atoms with Gasteiger partial charge in [0.1, 0.15) is 5.82 Å². The van der Waals surface area contributed by atoms with Crippen molar-refractivity contribution < 1.29 is 9.18 Å². The Kier molecular flexibility index (Phi) is 4.87. The Labute approximate surface area is 123 Å². The molecule has 0 bridgehead atoms. The zero-order valence-electron chi connectivity index (χ0n) is 12.1. The van der Waals surface area contributed by atoms with Gasteiger partial charge in [-0.1, -0.05) is 6.07 Å². The van der Waals surface area contributed by atoms with Gasteiger partial charge in [0.05, 0.1) is 11.3 Å². The third-order valence-corrected chi connectivity index (χ3v) is 3.20. The van der Waals surface area contributed by atoms with E-state index < -0.39 is 5.82 Å². The van der Waals surface area contributed by atoms with Gasteiger partial charge in [0.15, 0.2) is 0 Å². The molecule has 0 saturated heterocycles. The van der Waals surface area contributed by atoms with Crippen molar-refractivity contribution in [3.8, 4) is 0 Å². The molecule has 0 aliphatic heterocycles. The zero-order valence-corrected chi connectivity index (χ0v) is 12.1. The summed E-state index contributed by atoms with van der Waals surface area (Å²) < 4.78 is 13.8. The molecule has 2 aromatic rings. The lowest BCUT2D eigenvalue weighted by atomic mass is 10.1. The standard InChI is InChI=1S/C16H18FN3O/c1-3-19-15-13(5-4-6-14(15)17)16(21)20-10-12-9-18-8-7-11(12)2/h4-9,19H,3,10H2,1-2H3,(H,20,21). The first kappa shape index (κ1) is 15.0. The molecule has 2 rings (SSSR count). The molecule has 5 heteroatoms. The number of pyridine rings is 1. The Hall–Kier alpha value is -2.43. The van der Waals surface area contributed by atoms with Crippen LogP contribution in [0, 0.1) is 12.7 Å². The molecule has 1 amide bonds.